The molecule has 0 saturated carbocycles. The van der Waals surface area contributed by atoms with E-state index in [2.05, 4.69) is 25.8 Å². The quantitative estimate of drug-likeness (QED) is 0.644. The first-order valence-corrected chi connectivity index (χ1v) is 6.01. The first kappa shape index (κ1) is 12.9. The number of hydrogen-bond acceptors (Lipinski definition) is 2. The molecule has 0 aromatic carbocycles. The SMILES string of the molecule is CCCCC(C)(C)/N=C1/C=CC=C/C1=N/C. The molecule has 0 fully saturated rings. The molecule has 16 heavy (non-hydrogen) atoms. The molecule has 0 aromatic rings. The highest BCUT2D eigenvalue weighted by molar-refractivity contribution is 6.51. The van der Waals surface area contributed by atoms with Gasteiger partial charge in [-0.15, -0.1) is 0 Å². The average Bonchev–Trinajstić information content (AvgIpc) is 2.27. The first-order chi connectivity index (χ1) is 7.59. The predicted octanol–water partition coefficient (Wildman–Crippen LogP) is 3.59. The number of aliphatic imine (C=N–C) groups is 2. The molecule has 0 aromatic heterocycles. The zero-order valence-electron chi connectivity index (χ0n) is 10.8. The molecular formula is C14H22N2. The van der Waals surface area contributed by atoms with Gasteiger partial charge in [0.2, 0.25) is 0 Å². The largest absolute Gasteiger partial charge is 0.286 e. The summed E-state index contributed by atoms with van der Waals surface area (Å²) in [5, 5.41) is 0. The van der Waals surface area contributed by atoms with Gasteiger partial charge in [0.25, 0.3) is 0 Å². The van der Waals surface area contributed by atoms with Gasteiger partial charge in [-0.25, -0.2) is 0 Å². The molecule has 0 heterocycles. The maximum absolute atomic E-state index is 4.81. The Kier molecular flexibility index (Phi) is 4.66. The summed E-state index contributed by atoms with van der Waals surface area (Å²) in [5.41, 5.74) is 2.00. The van der Waals surface area contributed by atoms with Crippen molar-refractivity contribution >= 4 is 11.4 Å². The van der Waals surface area contributed by atoms with Crippen molar-refractivity contribution < 1.29 is 0 Å². The summed E-state index contributed by atoms with van der Waals surface area (Å²) in [6, 6.07) is 0. The summed E-state index contributed by atoms with van der Waals surface area (Å²) in [6.45, 7) is 6.59. The minimum Gasteiger partial charge on any atom is -0.286 e. The highest BCUT2D eigenvalue weighted by Crippen LogP contribution is 2.19. The van der Waals surface area contributed by atoms with E-state index < -0.39 is 0 Å². The monoisotopic (exact) mass is 218 g/mol. The number of hydrogen-bond donors (Lipinski definition) is 0. The Morgan fingerprint density at radius 3 is 2.31 bits per heavy atom. The van der Waals surface area contributed by atoms with Crippen molar-refractivity contribution in [1.29, 1.82) is 0 Å². The van der Waals surface area contributed by atoms with Gasteiger partial charge in [0.15, 0.2) is 0 Å². The van der Waals surface area contributed by atoms with Crippen LogP contribution in [0.1, 0.15) is 40.0 Å². The lowest BCUT2D eigenvalue weighted by atomic mass is 9.97. The van der Waals surface area contributed by atoms with Crippen molar-refractivity contribution in [3.63, 3.8) is 0 Å². The van der Waals surface area contributed by atoms with E-state index in [1.54, 1.807) is 0 Å². The fourth-order valence-electron chi connectivity index (χ4n) is 1.74. The van der Waals surface area contributed by atoms with Crippen LogP contribution in [0.25, 0.3) is 0 Å². The van der Waals surface area contributed by atoms with Gasteiger partial charge in [0, 0.05) is 7.05 Å². The van der Waals surface area contributed by atoms with Gasteiger partial charge in [0.05, 0.1) is 17.0 Å². The Hall–Kier alpha value is -1.18. The third-order valence-electron chi connectivity index (χ3n) is 2.69. The fraction of sp³-hybridized carbons (Fsp3) is 0.571. The van der Waals surface area contributed by atoms with Crippen molar-refractivity contribution in [1.82, 2.24) is 0 Å². The molecule has 1 aliphatic rings. The zero-order chi connectivity index (χ0) is 12.0. The minimum absolute atomic E-state index is 0.0107. The first-order valence-electron chi connectivity index (χ1n) is 6.01. The molecule has 0 saturated heterocycles. The third-order valence-corrected chi connectivity index (χ3v) is 2.69. The van der Waals surface area contributed by atoms with Crippen LogP contribution in [-0.4, -0.2) is 24.0 Å². The van der Waals surface area contributed by atoms with Crippen LogP contribution in [0.5, 0.6) is 0 Å². The van der Waals surface area contributed by atoms with E-state index in [-0.39, 0.29) is 5.54 Å². The van der Waals surface area contributed by atoms with E-state index in [0.717, 1.165) is 17.8 Å². The van der Waals surface area contributed by atoms with Gasteiger partial charge in [0.1, 0.15) is 0 Å². The Morgan fingerprint density at radius 1 is 1.12 bits per heavy atom. The van der Waals surface area contributed by atoms with Crippen LogP contribution in [-0.2, 0) is 0 Å². The van der Waals surface area contributed by atoms with Gasteiger partial charge in [-0.3, -0.25) is 9.98 Å². The summed E-state index contributed by atoms with van der Waals surface area (Å²) in [5.74, 6) is 0. The van der Waals surface area contributed by atoms with Crippen LogP contribution in [0.3, 0.4) is 0 Å². The maximum atomic E-state index is 4.81. The van der Waals surface area contributed by atoms with Crippen LogP contribution in [0.2, 0.25) is 0 Å². The number of rotatable bonds is 4. The molecule has 1 aliphatic carbocycles. The summed E-state index contributed by atoms with van der Waals surface area (Å²) in [7, 11) is 1.81. The third kappa shape index (κ3) is 3.76. The van der Waals surface area contributed by atoms with Crippen LogP contribution in [0.15, 0.2) is 34.3 Å². The molecule has 1 rings (SSSR count). The molecule has 2 heteroatoms. The van der Waals surface area contributed by atoms with E-state index in [4.69, 9.17) is 4.99 Å². The zero-order valence-corrected chi connectivity index (χ0v) is 10.8. The van der Waals surface area contributed by atoms with Gasteiger partial charge in [-0.1, -0.05) is 31.9 Å². The van der Waals surface area contributed by atoms with E-state index in [9.17, 15) is 0 Å². The molecule has 2 nitrogen and oxygen atoms in total. The fourth-order valence-corrected chi connectivity index (χ4v) is 1.74. The molecule has 0 unspecified atom stereocenters. The van der Waals surface area contributed by atoms with Crippen molar-refractivity contribution in [2.24, 2.45) is 9.98 Å². The lowest BCUT2D eigenvalue weighted by molar-refractivity contribution is 0.460. The predicted molar refractivity (Wildman–Crippen MR) is 72.7 cm³/mol. The van der Waals surface area contributed by atoms with Crippen LogP contribution in [0.4, 0.5) is 0 Å². The lowest BCUT2D eigenvalue weighted by Gasteiger charge is -2.21. The average molecular weight is 218 g/mol. The number of nitrogens with zero attached hydrogens (tertiary/aromatic N) is 2. The Balaban J connectivity index is 2.82. The second kappa shape index (κ2) is 5.78. The maximum Gasteiger partial charge on any atom is 0.0832 e. The Morgan fingerprint density at radius 2 is 1.75 bits per heavy atom. The Bertz CT molecular complexity index is 344. The van der Waals surface area contributed by atoms with Crippen molar-refractivity contribution in [3.8, 4) is 0 Å². The molecule has 88 valence electrons. The molecule has 0 aliphatic heterocycles. The minimum atomic E-state index is 0.0107. The van der Waals surface area contributed by atoms with Gasteiger partial charge in [-0.05, 0) is 32.4 Å². The summed E-state index contributed by atoms with van der Waals surface area (Å²) in [4.78, 5) is 9.05. The highest BCUT2D eigenvalue weighted by atomic mass is 14.9. The van der Waals surface area contributed by atoms with Crippen LogP contribution < -0.4 is 0 Å². The van der Waals surface area contributed by atoms with E-state index in [1.165, 1.54) is 12.8 Å². The van der Waals surface area contributed by atoms with Crippen molar-refractivity contribution in [2.75, 3.05) is 7.05 Å². The second-order valence-corrected chi connectivity index (χ2v) is 4.74. The van der Waals surface area contributed by atoms with E-state index >= 15 is 0 Å². The van der Waals surface area contributed by atoms with Crippen molar-refractivity contribution in [3.05, 3.63) is 24.3 Å². The lowest BCUT2D eigenvalue weighted by Crippen LogP contribution is -2.22. The molecule has 0 atom stereocenters. The molecule has 0 radical (unpaired) electrons. The molecule has 0 spiro atoms. The normalized spacial score (nSPS) is 21.0. The van der Waals surface area contributed by atoms with Crippen molar-refractivity contribution in [2.45, 2.75) is 45.6 Å². The summed E-state index contributed by atoms with van der Waals surface area (Å²) < 4.78 is 0. The Labute approximate surface area is 98.9 Å². The summed E-state index contributed by atoms with van der Waals surface area (Å²) in [6.07, 6.45) is 11.6. The van der Waals surface area contributed by atoms with Crippen LogP contribution >= 0.6 is 0 Å². The van der Waals surface area contributed by atoms with E-state index in [1.807, 2.05) is 31.4 Å². The van der Waals surface area contributed by atoms with Gasteiger partial charge in [-0.2, -0.15) is 0 Å². The second-order valence-electron chi connectivity index (χ2n) is 4.74. The molecule has 0 N–H and O–H groups in total. The smallest absolute Gasteiger partial charge is 0.0832 e. The standard InChI is InChI=1S/C14H22N2/c1-5-6-11-14(2,3)16-13-10-8-7-9-12(13)15-4/h7-10H,5-6,11H2,1-4H3/b15-12-,16-13-. The molecule has 0 amide bonds. The highest BCUT2D eigenvalue weighted by Gasteiger charge is 2.17. The topological polar surface area (TPSA) is 24.7 Å². The molecular weight excluding hydrogens is 196 g/mol. The van der Waals surface area contributed by atoms with Gasteiger partial charge >= 0.3 is 0 Å². The number of allylic oxidation sites excluding steroid dienone is 4. The van der Waals surface area contributed by atoms with Gasteiger partial charge < -0.3 is 0 Å². The van der Waals surface area contributed by atoms with Crippen LogP contribution in [0, 0.1) is 0 Å². The molecule has 0 bridgehead atoms. The summed E-state index contributed by atoms with van der Waals surface area (Å²) >= 11 is 0. The number of unbranched alkanes of at least 4 members (excludes halogenated alkanes) is 1. The van der Waals surface area contributed by atoms with E-state index in [0.29, 0.717) is 0 Å².